The van der Waals surface area contributed by atoms with E-state index in [9.17, 15) is 4.79 Å². The van der Waals surface area contributed by atoms with Gasteiger partial charge in [0.05, 0.1) is 19.4 Å². The highest BCUT2D eigenvalue weighted by atomic mass is 32.2. The zero-order valence-electron chi connectivity index (χ0n) is 19.2. The molecule has 0 atom stereocenters. The maximum absolute atomic E-state index is 13.3. The number of benzene rings is 3. The fourth-order valence-electron chi connectivity index (χ4n) is 3.55. The number of thioether (sulfide) groups is 1. The van der Waals surface area contributed by atoms with Crippen LogP contribution in [0.5, 0.6) is 5.75 Å². The Balaban J connectivity index is 1.44. The lowest BCUT2D eigenvalue weighted by Crippen LogP contribution is -2.27. The van der Waals surface area contributed by atoms with Gasteiger partial charge in [0.15, 0.2) is 11.0 Å². The number of hydrogen-bond donors (Lipinski definition) is 1. The molecule has 8 heteroatoms. The molecule has 4 rings (SSSR count). The first-order valence-electron chi connectivity index (χ1n) is 11.1. The van der Waals surface area contributed by atoms with Gasteiger partial charge in [-0.25, -0.2) is 0 Å². The smallest absolute Gasteiger partial charge is 0.242 e. The number of hydrogen-bond acceptors (Lipinski definition) is 6. The van der Waals surface area contributed by atoms with E-state index in [1.165, 1.54) is 11.8 Å². The minimum Gasteiger partial charge on any atom is -0.497 e. The largest absolute Gasteiger partial charge is 0.497 e. The maximum atomic E-state index is 13.3. The molecule has 3 aromatic carbocycles. The molecule has 0 aliphatic heterocycles. The normalized spacial score (nSPS) is 10.6. The van der Waals surface area contributed by atoms with Gasteiger partial charge in [-0.1, -0.05) is 48.2 Å². The Morgan fingerprint density at radius 1 is 0.941 bits per heavy atom. The lowest BCUT2D eigenvalue weighted by atomic mass is 10.2. The highest BCUT2D eigenvalue weighted by Gasteiger charge is 2.20. The van der Waals surface area contributed by atoms with E-state index >= 15 is 0 Å². The molecule has 0 saturated heterocycles. The maximum Gasteiger partial charge on any atom is 0.242 e. The van der Waals surface area contributed by atoms with Crippen molar-refractivity contribution in [3.8, 4) is 5.75 Å². The van der Waals surface area contributed by atoms with Gasteiger partial charge in [-0.3, -0.25) is 9.69 Å². The third kappa shape index (κ3) is 5.58. The van der Waals surface area contributed by atoms with Crippen LogP contribution in [-0.2, 0) is 17.9 Å². The van der Waals surface area contributed by atoms with E-state index in [4.69, 9.17) is 4.74 Å². The molecule has 0 saturated carbocycles. The van der Waals surface area contributed by atoms with Crippen molar-refractivity contribution in [2.45, 2.75) is 25.2 Å². The predicted molar refractivity (Wildman–Crippen MR) is 137 cm³/mol. The molecule has 1 heterocycles. The molecular formula is C26H27N5O2S. The fourth-order valence-corrected chi connectivity index (χ4v) is 4.42. The highest BCUT2D eigenvalue weighted by Crippen LogP contribution is 2.27. The van der Waals surface area contributed by atoms with Gasteiger partial charge in [-0.05, 0) is 55.5 Å². The van der Waals surface area contributed by atoms with Crippen molar-refractivity contribution >= 4 is 34.7 Å². The Morgan fingerprint density at radius 2 is 1.56 bits per heavy atom. The minimum atomic E-state index is -0.0223. The first-order chi connectivity index (χ1) is 16.7. The van der Waals surface area contributed by atoms with Crippen molar-refractivity contribution in [3.63, 3.8) is 0 Å². The standard InChI is InChI=1S/C26H27N5O2S/c1-3-30-24(18-27-20-14-16-23(33-2)17-15-20)28-29-26(30)34-19-25(32)31(21-10-6-4-7-11-21)22-12-8-5-9-13-22/h4-17,27H,3,18-19H2,1-2H3. The van der Waals surface area contributed by atoms with Gasteiger partial charge < -0.3 is 14.6 Å². The Kier molecular flexibility index (Phi) is 7.83. The SMILES string of the molecule is CCn1c(CNc2ccc(OC)cc2)nnc1SCC(=O)N(c1ccccc1)c1ccccc1. The number of anilines is 3. The molecular weight excluding hydrogens is 446 g/mol. The summed E-state index contributed by atoms with van der Waals surface area (Å²) in [5.41, 5.74) is 2.64. The summed E-state index contributed by atoms with van der Waals surface area (Å²) in [7, 11) is 1.65. The molecule has 4 aromatic rings. The molecule has 0 unspecified atom stereocenters. The van der Waals surface area contributed by atoms with Crippen LogP contribution in [0.25, 0.3) is 0 Å². The van der Waals surface area contributed by atoms with Crippen molar-refractivity contribution in [3.05, 3.63) is 90.8 Å². The molecule has 0 bridgehead atoms. The average Bonchev–Trinajstić information content (AvgIpc) is 3.29. The van der Waals surface area contributed by atoms with Crippen LogP contribution in [0, 0.1) is 0 Å². The van der Waals surface area contributed by atoms with Crippen LogP contribution < -0.4 is 15.0 Å². The van der Waals surface area contributed by atoms with Gasteiger partial charge in [-0.2, -0.15) is 0 Å². The first-order valence-corrected chi connectivity index (χ1v) is 12.0. The lowest BCUT2D eigenvalue weighted by Gasteiger charge is -2.23. The Morgan fingerprint density at radius 3 is 2.12 bits per heavy atom. The number of nitrogens with zero attached hydrogens (tertiary/aromatic N) is 4. The number of nitrogens with one attached hydrogen (secondary N) is 1. The molecule has 1 amide bonds. The van der Waals surface area contributed by atoms with Gasteiger partial charge in [0.2, 0.25) is 5.91 Å². The summed E-state index contributed by atoms with van der Waals surface area (Å²) in [6.45, 7) is 3.29. The molecule has 0 aliphatic carbocycles. The number of ether oxygens (including phenoxy) is 1. The second kappa shape index (κ2) is 11.4. The van der Waals surface area contributed by atoms with Crippen LogP contribution in [0.15, 0.2) is 90.1 Å². The van der Waals surface area contributed by atoms with Crippen molar-refractivity contribution in [2.75, 3.05) is 23.1 Å². The summed E-state index contributed by atoms with van der Waals surface area (Å²) in [6, 6.07) is 27.1. The van der Waals surface area contributed by atoms with Crippen LogP contribution in [0.1, 0.15) is 12.7 Å². The van der Waals surface area contributed by atoms with Crippen LogP contribution in [0.3, 0.4) is 0 Å². The quantitative estimate of drug-likeness (QED) is 0.312. The van der Waals surface area contributed by atoms with E-state index in [-0.39, 0.29) is 11.7 Å². The molecule has 0 spiro atoms. The number of methoxy groups -OCH3 is 1. The summed E-state index contributed by atoms with van der Waals surface area (Å²) in [5.74, 6) is 1.85. The molecule has 0 fully saturated rings. The third-order valence-electron chi connectivity index (χ3n) is 5.25. The number of para-hydroxylation sites is 2. The number of rotatable bonds is 10. The molecule has 1 N–H and O–H groups in total. The summed E-state index contributed by atoms with van der Waals surface area (Å²) in [6.07, 6.45) is 0. The van der Waals surface area contributed by atoms with E-state index in [2.05, 4.69) is 15.5 Å². The van der Waals surface area contributed by atoms with Crippen molar-refractivity contribution < 1.29 is 9.53 Å². The predicted octanol–water partition coefficient (Wildman–Crippen LogP) is 5.38. The zero-order valence-corrected chi connectivity index (χ0v) is 20.0. The van der Waals surface area contributed by atoms with Gasteiger partial charge in [-0.15, -0.1) is 10.2 Å². The van der Waals surface area contributed by atoms with Gasteiger partial charge in [0, 0.05) is 23.6 Å². The lowest BCUT2D eigenvalue weighted by molar-refractivity contribution is -0.115. The second-order valence-electron chi connectivity index (χ2n) is 7.41. The van der Waals surface area contributed by atoms with Crippen LogP contribution in [0.2, 0.25) is 0 Å². The molecule has 0 aliphatic rings. The van der Waals surface area contributed by atoms with Crippen LogP contribution >= 0.6 is 11.8 Å². The number of carbonyl (C=O) groups excluding carboxylic acids is 1. The minimum absolute atomic E-state index is 0.0223. The molecule has 7 nitrogen and oxygen atoms in total. The highest BCUT2D eigenvalue weighted by molar-refractivity contribution is 7.99. The van der Waals surface area contributed by atoms with E-state index in [1.807, 2.05) is 96.4 Å². The average molecular weight is 474 g/mol. The summed E-state index contributed by atoms with van der Waals surface area (Å²) < 4.78 is 7.23. The van der Waals surface area contributed by atoms with Gasteiger partial charge in [0.25, 0.3) is 0 Å². The van der Waals surface area contributed by atoms with Crippen LogP contribution in [-0.4, -0.2) is 33.5 Å². The van der Waals surface area contributed by atoms with Gasteiger partial charge >= 0.3 is 0 Å². The summed E-state index contributed by atoms with van der Waals surface area (Å²) >= 11 is 1.40. The van der Waals surface area contributed by atoms with E-state index in [0.29, 0.717) is 13.1 Å². The number of aromatic nitrogens is 3. The number of amides is 1. The van der Waals surface area contributed by atoms with Crippen molar-refractivity contribution in [2.24, 2.45) is 0 Å². The first kappa shape index (κ1) is 23.4. The van der Waals surface area contributed by atoms with Crippen LogP contribution in [0.4, 0.5) is 17.1 Å². The third-order valence-corrected chi connectivity index (χ3v) is 6.20. The Bertz CT molecular complexity index is 1160. The fraction of sp³-hybridized carbons (Fsp3) is 0.192. The van der Waals surface area contributed by atoms with Crippen molar-refractivity contribution in [1.29, 1.82) is 0 Å². The molecule has 0 radical (unpaired) electrons. The molecule has 174 valence electrons. The van der Waals surface area contributed by atoms with Gasteiger partial charge in [0.1, 0.15) is 5.75 Å². The monoisotopic (exact) mass is 473 g/mol. The zero-order chi connectivity index (χ0) is 23.8. The molecule has 34 heavy (non-hydrogen) atoms. The second-order valence-corrected chi connectivity index (χ2v) is 8.36. The van der Waals surface area contributed by atoms with E-state index < -0.39 is 0 Å². The van der Waals surface area contributed by atoms with E-state index in [1.54, 1.807) is 12.0 Å². The Labute approximate surface area is 203 Å². The number of carbonyl (C=O) groups is 1. The van der Waals surface area contributed by atoms with Crippen molar-refractivity contribution in [1.82, 2.24) is 14.8 Å². The topological polar surface area (TPSA) is 72.3 Å². The summed E-state index contributed by atoms with van der Waals surface area (Å²) in [4.78, 5) is 15.1. The molecule has 1 aromatic heterocycles. The summed E-state index contributed by atoms with van der Waals surface area (Å²) in [5, 5.41) is 12.8. The van der Waals surface area contributed by atoms with E-state index in [0.717, 1.165) is 33.8 Å². The Hall–Kier alpha value is -3.78.